The second-order valence-corrected chi connectivity index (χ2v) is 5.79. The van der Waals surface area contributed by atoms with E-state index >= 15 is 0 Å². The molecule has 0 heterocycles. The van der Waals surface area contributed by atoms with Gasteiger partial charge < -0.3 is 5.32 Å². The lowest BCUT2D eigenvalue weighted by atomic mass is 10.0. The molecule has 19 heavy (non-hydrogen) atoms. The summed E-state index contributed by atoms with van der Waals surface area (Å²) in [6.07, 6.45) is 6.42. The van der Waals surface area contributed by atoms with Crippen molar-refractivity contribution in [2.75, 3.05) is 6.54 Å². The van der Waals surface area contributed by atoms with Gasteiger partial charge >= 0.3 is 0 Å². The quantitative estimate of drug-likeness (QED) is 0.614. The summed E-state index contributed by atoms with van der Waals surface area (Å²) in [5.41, 5.74) is 0.766. The molecular weight excluding hydrogens is 237 g/mol. The van der Waals surface area contributed by atoms with E-state index in [0.29, 0.717) is 0 Å². The molecule has 0 amide bonds. The third-order valence-corrected chi connectivity index (χ3v) is 3.53. The summed E-state index contributed by atoms with van der Waals surface area (Å²) in [7, 11) is 0. The molecule has 0 aromatic heterocycles. The van der Waals surface area contributed by atoms with Crippen molar-refractivity contribution in [2.24, 2.45) is 5.92 Å². The standard InChI is InChI=1S/C17H28FN/c1-14(2)10-6-4-5-9-13-19-15(3)16-11-7-8-12-17(16)18/h7-8,11-12,14-15,19H,4-6,9-10,13H2,1-3H3. The van der Waals surface area contributed by atoms with E-state index in [1.807, 2.05) is 19.1 Å². The van der Waals surface area contributed by atoms with Gasteiger partial charge in [0.15, 0.2) is 0 Å². The highest BCUT2D eigenvalue weighted by atomic mass is 19.1. The molecule has 0 saturated carbocycles. The first-order chi connectivity index (χ1) is 9.11. The highest BCUT2D eigenvalue weighted by Gasteiger charge is 2.08. The average Bonchev–Trinajstić information content (AvgIpc) is 2.37. The summed E-state index contributed by atoms with van der Waals surface area (Å²) in [5, 5.41) is 3.40. The Balaban J connectivity index is 2.11. The van der Waals surface area contributed by atoms with Crippen LogP contribution >= 0.6 is 0 Å². The first kappa shape index (κ1) is 16.2. The fraction of sp³-hybridized carbons (Fsp3) is 0.647. The van der Waals surface area contributed by atoms with Gasteiger partial charge in [-0.25, -0.2) is 4.39 Å². The van der Waals surface area contributed by atoms with Crippen LogP contribution in [0.4, 0.5) is 4.39 Å². The first-order valence-corrected chi connectivity index (χ1v) is 7.59. The lowest BCUT2D eigenvalue weighted by Gasteiger charge is -2.14. The first-order valence-electron chi connectivity index (χ1n) is 7.59. The summed E-state index contributed by atoms with van der Waals surface area (Å²) in [6.45, 7) is 7.55. The SMILES string of the molecule is CC(C)CCCCCCNC(C)c1ccccc1F. The van der Waals surface area contributed by atoms with Crippen molar-refractivity contribution in [3.8, 4) is 0 Å². The zero-order valence-corrected chi connectivity index (χ0v) is 12.6. The molecule has 0 saturated heterocycles. The highest BCUT2D eigenvalue weighted by Crippen LogP contribution is 2.16. The highest BCUT2D eigenvalue weighted by molar-refractivity contribution is 5.20. The van der Waals surface area contributed by atoms with E-state index in [1.54, 1.807) is 6.07 Å². The van der Waals surface area contributed by atoms with E-state index in [0.717, 1.165) is 18.0 Å². The molecule has 1 aromatic carbocycles. The Morgan fingerprint density at radius 2 is 1.68 bits per heavy atom. The Bertz CT molecular complexity index is 349. The second kappa shape index (κ2) is 9.08. The Labute approximate surface area is 117 Å². The molecule has 1 N–H and O–H groups in total. The number of unbranched alkanes of at least 4 members (excludes halogenated alkanes) is 3. The molecule has 0 spiro atoms. The van der Waals surface area contributed by atoms with Crippen LogP contribution in [-0.4, -0.2) is 6.54 Å². The molecule has 0 fully saturated rings. The maximum atomic E-state index is 13.6. The van der Waals surface area contributed by atoms with E-state index in [4.69, 9.17) is 0 Å². The minimum Gasteiger partial charge on any atom is -0.310 e. The number of rotatable bonds is 9. The average molecular weight is 265 g/mol. The fourth-order valence-corrected chi connectivity index (χ4v) is 2.29. The minimum atomic E-state index is -0.112. The molecule has 1 aromatic rings. The van der Waals surface area contributed by atoms with Gasteiger partial charge in [-0.15, -0.1) is 0 Å². The summed E-state index contributed by atoms with van der Waals surface area (Å²) in [5.74, 6) is 0.707. The van der Waals surface area contributed by atoms with E-state index in [1.165, 1.54) is 38.2 Å². The zero-order chi connectivity index (χ0) is 14.1. The lowest BCUT2D eigenvalue weighted by Crippen LogP contribution is -2.20. The fourth-order valence-electron chi connectivity index (χ4n) is 2.29. The smallest absolute Gasteiger partial charge is 0.127 e. The van der Waals surface area contributed by atoms with Crippen LogP contribution in [0.1, 0.15) is 64.5 Å². The van der Waals surface area contributed by atoms with Gasteiger partial charge in [0.1, 0.15) is 5.82 Å². The Hall–Kier alpha value is -0.890. The molecule has 0 aliphatic carbocycles. The van der Waals surface area contributed by atoms with Crippen molar-refractivity contribution >= 4 is 0 Å². The van der Waals surface area contributed by atoms with E-state index in [2.05, 4.69) is 19.2 Å². The van der Waals surface area contributed by atoms with Crippen LogP contribution in [0, 0.1) is 11.7 Å². The zero-order valence-electron chi connectivity index (χ0n) is 12.6. The molecule has 1 rings (SSSR count). The summed E-state index contributed by atoms with van der Waals surface area (Å²) in [6, 6.07) is 7.11. The van der Waals surface area contributed by atoms with Crippen LogP contribution < -0.4 is 5.32 Å². The largest absolute Gasteiger partial charge is 0.310 e. The van der Waals surface area contributed by atoms with Crippen LogP contribution in [0.5, 0.6) is 0 Å². The van der Waals surface area contributed by atoms with Crippen LogP contribution in [0.3, 0.4) is 0 Å². The molecule has 0 aliphatic heterocycles. The predicted molar refractivity (Wildman–Crippen MR) is 80.7 cm³/mol. The molecular formula is C17H28FN. The van der Waals surface area contributed by atoms with Gasteiger partial charge in [-0.3, -0.25) is 0 Å². The maximum Gasteiger partial charge on any atom is 0.127 e. The molecule has 0 radical (unpaired) electrons. The molecule has 2 heteroatoms. The molecule has 1 atom stereocenters. The summed E-state index contributed by atoms with van der Waals surface area (Å²) in [4.78, 5) is 0. The number of halogens is 1. The lowest BCUT2D eigenvalue weighted by molar-refractivity contribution is 0.489. The predicted octanol–water partition coefficient (Wildman–Crippen LogP) is 5.08. The number of nitrogens with one attached hydrogen (secondary N) is 1. The molecule has 108 valence electrons. The van der Waals surface area contributed by atoms with Crippen molar-refractivity contribution in [3.05, 3.63) is 35.6 Å². The normalized spacial score (nSPS) is 12.9. The second-order valence-electron chi connectivity index (χ2n) is 5.79. The topological polar surface area (TPSA) is 12.0 Å². The van der Waals surface area contributed by atoms with E-state index < -0.39 is 0 Å². The monoisotopic (exact) mass is 265 g/mol. The van der Waals surface area contributed by atoms with Crippen molar-refractivity contribution in [2.45, 2.75) is 58.9 Å². The molecule has 0 bridgehead atoms. The molecule has 1 nitrogen and oxygen atoms in total. The number of benzene rings is 1. The van der Waals surface area contributed by atoms with Gasteiger partial charge in [0.2, 0.25) is 0 Å². The van der Waals surface area contributed by atoms with E-state index in [-0.39, 0.29) is 11.9 Å². The summed E-state index contributed by atoms with van der Waals surface area (Å²) < 4.78 is 13.6. The number of hydrogen-bond acceptors (Lipinski definition) is 1. The van der Waals surface area contributed by atoms with Crippen LogP contribution in [0.25, 0.3) is 0 Å². The van der Waals surface area contributed by atoms with Gasteiger partial charge in [-0.2, -0.15) is 0 Å². The van der Waals surface area contributed by atoms with Crippen LogP contribution in [0.15, 0.2) is 24.3 Å². The van der Waals surface area contributed by atoms with Crippen molar-refractivity contribution in [1.82, 2.24) is 5.32 Å². The molecule has 1 unspecified atom stereocenters. The van der Waals surface area contributed by atoms with Gasteiger partial charge in [-0.05, 0) is 31.9 Å². The van der Waals surface area contributed by atoms with Crippen molar-refractivity contribution in [1.29, 1.82) is 0 Å². The van der Waals surface area contributed by atoms with Gasteiger partial charge in [0, 0.05) is 11.6 Å². The number of hydrogen-bond donors (Lipinski definition) is 1. The minimum absolute atomic E-state index is 0.0943. The third kappa shape index (κ3) is 6.72. The van der Waals surface area contributed by atoms with Crippen LogP contribution in [-0.2, 0) is 0 Å². The Morgan fingerprint density at radius 3 is 2.37 bits per heavy atom. The Kier molecular flexibility index (Phi) is 7.73. The van der Waals surface area contributed by atoms with E-state index in [9.17, 15) is 4.39 Å². The van der Waals surface area contributed by atoms with Crippen molar-refractivity contribution < 1.29 is 4.39 Å². The van der Waals surface area contributed by atoms with Crippen molar-refractivity contribution in [3.63, 3.8) is 0 Å². The van der Waals surface area contributed by atoms with Gasteiger partial charge in [-0.1, -0.05) is 57.7 Å². The Morgan fingerprint density at radius 1 is 1.00 bits per heavy atom. The van der Waals surface area contributed by atoms with Gasteiger partial charge in [0.25, 0.3) is 0 Å². The molecule has 0 aliphatic rings. The van der Waals surface area contributed by atoms with Crippen LogP contribution in [0.2, 0.25) is 0 Å². The third-order valence-electron chi connectivity index (χ3n) is 3.53. The maximum absolute atomic E-state index is 13.6. The van der Waals surface area contributed by atoms with Gasteiger partial charge in [0.05, 0.1) is 0 Å². The summed E-state index contributed by atoms with van der Waals surface area (Å²) >= 11 is 0.